The summed E-state index contributed by atoms with van der Waals surface area (Å²) in [7, 11) is 0. The van der Waals surface area contributed by atoms with Crippen molar-refractivity contribution in [3.63, 3.8) is 0 Å². The Morgan fingerprint density at radius 2 is 1.91 bits per heavy atom. The highest BCUT2D eigenvalue weighted by Gasteiger charge is 2.10. The molecule has 1 amide bonds. The van der Waals surface area contributed by atoms with E-state index >= 15 is 0 Å². The van der Waals surface area contributed by atoms with Crippen LogP contribution in [0.25, 0.3) is 10.9 Å². The number of nitrogens with zero attached hydrogens (tertiary/aromatic N) is 1. The maximum Gasteiger partial charge on any atom is 0.255 e. The van der Waals surface area contributed by atoms with Crippen LogP contribution >= 0.6 is 0 Å². The van der Waals surface area contributed by atoms with E-state index in [-0.39, 0.29) is 11.7 Å². The zero-order valence-corrected chi connectivity index (χ0v) is 12.4. The number of hydrogen-bond donors (Lipinski definition) is 1. The Morgan fingerprint density at radius 3 is 2.68 bits per heavy atom. The quantitative estimate of drug-likeness (QED) is 0.768. The molecular formula is C18H15FN2O. The van der Waals surface area contributed by atoms with Crippen molar-refractivity contribution in [2.75, 3.05) is 5.32 Å². The fraction of sp³-hybridized carbons (Fsp3) is 0.111. The number of carbonyl (C=O) groups excluding carboxylic acids is 1. The van der Waals surface area contributed by atoms with Gasteiger partial charge in [0.15, 0.2) is 0 Å². The van der Waals surface area contributed by atoms with Gasteiger partial charge in [0.2, 0.25) is 0 Å². The van der Waals surface area contributed by atoms with Gasteiger partial charge in [0.1, 0.15) is 5.82 Å². The van der Waals surface area contributed by atoms with E-state index in [2.05, 4.69) is 10.3 Å². The van der Waals surface area contributed by atoms with Gasteiger partial charge in [-0.1, -0.05) is 17.7 Å². The molecule has 0 saturated carbocycles. The summed E-state index contributed by atoms with van der Waals surface area (Å²) in [5.74, 6) is -0.580. The molecule has 0 aliphatic rings. The summed E-state index contributed by atoms with van der Waals surface area (Å²) in [5, 5.41) is 3.44. The van der Waals surface area contributed by atoms with Gasteiger partial charge in [0, 0.05) is 16.6 Å². The maximum atomic E-state index is 13.5. The van der Waals surface area contributed by atoms with Gasteiger partial charge in [-0.3, -0.25) is 9.78 Å². The third-order valence-electron chi connectivity index (χ3n) is 3.43. The lowest BCUT2D eigenvalue weighted by atomic mass is 10.1. The second-order valence-electron chi connectivity index (χ2n) is 5.30. The van der Waals surface area contributed by atoms with E-state index in [0.29, 0.717) is 22.2 Å². The fourth-order valence-electron chi connectivity index (χ4n) is 2.41. The second-order valence-corrected chi connectivity index (χ2v) is 5.30. The number of halogens is 1. The highest BCUT2D eigenvalue weighted by molar-refractivity contribution is 6.08. The Kier molecular flexibility index (Phi) is 3.59. The van der Waals surface area contributed by atoms with Crippen molar-refractivity contribution >= 4 is 22.5 Å². The van der Waals surface area contributed by atoms with Gasteiger partial charge in [-0.15, -0.1) is 0 Å². The Balaban J connectivity index is 2.03. The van der Waals surface area contributed by atoms with Gasteiger partial charge >= 0.3 is 0 Å². The summed E-state index contributed by atoms with van der Waals surface area (Å²) in [5.41, 5.74) is 3.56. The first-order valence-corrected chi connectivity index (χ1v) is 6.98. The number of hydrogen-bond acceptors (Lipinski definition) is 2. The van der Waals surface area contributed by atoms with Crippen LogP contribution in [-0.2, 0) is 0 Å². The molecule has 1 N–H and O–H groups in total. The third kappa shape index (κ3) is 2.81. The molecule has 0 atom stereocenters. The number of amides is 1. The Bertz CT molecular complexity index is 874. The zero-order valence-electron chi connectivity index (χ0n) is 12.4. The predicted octanol–water partition coefficient (Wildman–Crippen LogP) is 4.24. The number of carbonyl (C=O) groups is 1. The maximum absolute atomic E-state index is 13.5. The molecule has 22 heavy (non-hydrogen) atoms. The summed E-state index contributed by atoms with van der Waals surface area (Å²) in [6.45, 7) is 3.77. The molecule has 3 rings (SSSR count). The van der Waals surface area contributed by atoms with Crippen LogP contribution in [-0.4, -0.2) is 10.9 Å². The van der Waals surface area contributed by atoms with Gasteiger partial charge in [-0.2, -0.15) is 0 Å². The summed E-state index contributed by atoms with van der Waals surface area (Å²) in [6, 6.07) is 13.4. The predicted molar refractivity (Wildman–Crippen MR) is 85.6 cm³/mol. The van der Waals surface area contributed by atoms with Crippen LogP contribution in [0.4, 0.5) is 10.1 Å². The average Bonchev–Trinajstić information content (AvgIpc) is 2.48. The molecule has 0 radical (unpaired) electrons. The van der Waals surface area contributed by atoms with Crippen molar-refractivity contribution in [3.8, 4) is 0 Å². The standard InChI is InChI=1S/C18H15FN2O/c1-11-4-3-5-13(8-11)18(22)21-17-9-12(2)20-16-7-6-14(19)10-15(16)17/h3-10H,1-2H3,(H,20,21,22). The van der Waals surface area contributed by atoms with Crippen LogP contribution in [0, 0.1) is 19.7 Å². The summed E-state index contributed by atoms with van der Waals surface area (Å²) >= 11 is 0. The van der Waals surface area contributed by atoms with E-state index in [1.165, 1.54) is 12.1 Å². The smallest absolute Gasteiger partial charge is 0.255 e. The minimum absolute atomic E-state index is 0.222. The van der Waals surface area contributed by atoms with Crippen LogP contribution in [0.1, 0.15) is 21.6 Å². The summed E-state index contributed by atoms with van der Waals surface area (Å²) in [6.07, 6.45) is 0. The number of rotatable bonds is 2. The summed E-state index contributed by atoms with van der Waals surface area (Å²) < 4.78 is 13.5. The van der Waals surface area contributed by atoms with Crippen LogP contribution in [0.2, 0.25) is 0 Å². The molecule has 110 valence electrons. The van der Waals surface area contributed by atoms with Crippen molar-refractivity contribution < 1.29 is 9.18 Å². The second kappa shape index (κ2) is 5.56. The van der Waals surface area contributed by atoms with E-state index in [1.54, 1.807) is 18.2 Å². The molecule has 3 aromatic rings. The lowest BCUT2D eigenvalue weighted by Gasteiger charge is -2.10. The first kappa shape index (κ1) is 14.2. The molecule has 0 unspecified atom stereocenters. The van der Waals surface area contributed by atoms with E-state index in [0.717, 1.165) is 11.3 Å². The van der Waals surface area contributed by atoms with Crippen LogP contribution < -0.4 is 5.32 Å². The third-order valence-corrected chi connectivity index (χ3v) is 3.43. The monoisotopic (exact) mass is 294 g/mol. The van der Waals surface area contributed by atoms with Crippen molar-refractivity contribution in [2.24, 2.45) is 0 Å². The van der Waals surface area contributed by atoms with Gasteiger partial charge in [0.05, 0.1) is 11.2 Å². The molecule has 0 saturated heterocycles. The average molecular weight is 294 g/mol. The van der Waals surface area contributed by atoms with Crippen molar-refractivity contribution in [1.82, 2.24) is 4.98 Å². The van der Waals surface area contributed by atoms with Gasteiger partial charge in [0.25, 0.3) is 5.91 Å². The van der Waals surface area contributed by atoms with Crippen molar-refractivity contribution in [3.05, 3.63) is 71.2 Å². The number of benzene rings is 2. The minimum Gasteiger partial charge on any atom is -0.321 e. The summed E-state index contributed by atoms with van der Waals surface area (Å²) in [4.78, 5) is 16.7. The van der Waals surface area contributed by atoms with Crippen LogP contribution in [0.15, 0.2) is 48.5 Å². The van der Waals surface area contributed by atoms with E-state index < -0.39 is 0 Å². The van der Waals surface area contributed by atoms with Crippen LogP contribution in [0.5, 0.6) is 0 Å². The first-order chi connectivity index (χ1) is 10.5. The van der Waals surface area contributed by atoms with E-state index in [1.807, 2.05) is 32.0 Å². The molecule has 3 nitrogen and oxygen atoms in total. The van der Waals surface area contributed by atoms with Gasteiger partial charge < -0.3 is 5.32 Å². The van der Waals surface area contributed by atoms with Crippen molar-refractivity contribution in [1.29, 1.82) is 0 Å². The molecule has 0 bridgehead atoms. The molecule has 1 aromatic heterocycles. The lowest BCUT2D eigenvalue weighted by Crippen LogP contribution is -2.12. The first-order valence-electron chi connectivity index (χ1n) is 6.98. The number of nitrogens with one attached hydrogen (secondary N) is 1. The SMILES string of the molecule is Cc1cccc(C(=O)Nc2cc(C)nc3ccc(F)cc23)c1. The fourth-order valence-corrected chi connectivity index (χ4v) is 2.41. The van der Waals surface area contributed by atoms with E-state index in [4.69, 9.17) is 0 Å². The van der Waals surface area contributed by atoms with Crippen molar-refractivity contribution in [2.45, 2.75) is 13.8 Å². The van der Waals surface area contributed by atoms with Crippen LogP contribution in [0.3, 0.4) is 0 Å². The number of fused-ring (bicyclic) bond motifs is 1. The molecule has 0 aliphatic heterocycles. The van der Waals surface area contributed by atoms with Gasteiger partial charge in [-0.05, 0) is 50.2 Å². The molecule has 0 fully saturated rings. The molecular weight excluding hydrogens is 279 g/mol. The molecule has 1 heterocycles. The molecule has 2 aromatic carbocycles. The number of aryl methyl sites for hydroxylation is 2. The molecule has 0 spiro atoms. The normalized spacial score (nSPS) is 10.7. The largest absolute Gasteiger partial charge is 0.321 e. The van der Waals surface area contributed by atoms with E-state index in [9.17, 15) is 9.18 Å². The topological polar surface area (TPSA) is 42.0 Å². The number of aromatic nitrogens is 1. The highest BCUT2D eigenvalue weighted by Crippen LogP contribution is 2.24. The number of pyridine rings is 1. The molecule has 4 heteroatoms. The Morgan fingerprint density at radius 1 is 1.09 bits per heavy atom. The zero-order chi connectivity index (χ0) is 15.7. The number of anilines is 1. The lowest BCUT2D eigenvalue weighted by molar-refractivity contribution is 0.102. The minimum atomic E-state index is -0.357. The Hall–Kier alpha value is -2.75. The highest BCUT2D eigenvalue weighted by atomic mass is 19.1. The van der Waals surface area contributed by atoms with Gasteiger partial charge in [-0.25, -0.2) is 4.39 Å². The molecule has 0 aliphatic carbocycles. The Labute approximate surface area is 127 Å².